The van der Waals surface area contributed by atoms with Crippen molar-refractivity contribution in [1.82, 2.24) is 0 Å². The zero-order chi connectivity index (χ0) is 11.7. The summed E-state index contributed by atoms with van der Waals surface area (Å²) in [5.41, 5.74) is 0. The van der Waals surface area contributed by atoms with E-state index in [1.54, 1.807) is 13.8 Å². The Hall–Kier alpha value is -1.50. The molecule has 4 nitrogen and oxygen atoms in total. The van der Waals surface area contributed by atoms with Crippen LogP contribution in [0.1, 0.15) is 26.7 Å². The highest BCUT2D eigenvalue weighted by Gasteiger charge is 2.16. The van der Waals surface area contributed by atoms with E-state index >= 15 is 0 Å². The van der Waals surface area contributed by atoms with Crippen molar-refractivity contribution in [3.8, 4) is 12.3 Å². The standard InChI is InChI=1S/C11H16O4/c1-4-9(7-10(12)14-5-2)8-11(13)15-6-3/h1,9H,5-8H2,2-3H3. The number of hydrogen-bond acceptors (Lipinski definition) is 4. The molecule has 0 aromatic rings. The predicted octanol–water partition coefficient (Wildman–Crippen LogP) is 1.14. The van der Waals surface area contributed by atoms with Crippen molar-refractivity contribution in [3.05, 3.63) is 0 Å². The Bertz CT molecular complexity index is 232. The summed E-state index contributed by atoms with van der Waals surface area (Å²) in [6.45, 7) is 4.06. The second-order valence-corrected chi connectivity index (χ2v) is 2.88. The van der Waals surface area contributed by atoms with Crippen LogP contribution in [-0.4, -0.2) is 25.2 Å². The average molecular weight is 212 g/mol. The number of ether oxygens (including phenoxy) is 2. The van der Waals surface area contributed by atoms with Crippen molar-refractivity contribution in [2.45, 2.75) is 26.7 Å². The third-order valence-electron chi connectivity index (χ3n) is 1.67. The molecular weight excluding hydrogens is 196 g/mol. The van der Waals surface area contributed by atoms with E-state index in [9.17, 15) is 9.59 Å². The Balaban J connectivity index is 3.99. The second-order valence-electron chi connectivity index (χ2n) is 2.88. The molecule has 0 amide bonds. The molecule has 0 saturated carbocycles. The molecule has 0 spiro atoms. The second kappa shape index (κ2) is 7.86. The first-order chi connectivity index (χ1) is 7.13. The predicted molar refractivity (Wildman–Crippen MR) is 54.8 cm³/mol. The van der Waals surface area contributed by atoms with Crippen molar-refractivity contribution < 1.29 is 19.1 Å². The Labute approximate surface area is 89.9 Å². The Morgan fingerprint density at radius 3 is 1.80 bits per heavy atom. The largest absolute Gasteiger partial charge is 0.466 e. The topological polar surface area (TPSA) is 52.6 Å². The summed E-state index contributed by atoms with van der Waals surface area (Å²) in [6.07, 6.45) is 5.31. The number of esters is 2. The highest BCUT2D eigenvalue weighted by Crippen LogP contribution is 2.09. The molecule has 0 N–H and O–H groups in total. The lowest BCUT2D eigenvalue weighted by atomic mass is 10.0. The van der Waals surface area contributed by atoms with Gasteiger partial charge in [0.2, 0.25) is 0 Å². The Morgan fingerprint density at radius 1 is 1.13 bits per heavy atom. The third-order valence-corrected chi connectivity index (χ3v) is 1.67. The van der Waals surface area contributed by atoms with Crippen LogP contribution in [-0.2, 0) is 19.1 Å². The normalized spacial score (nSPS) is 9.47. The molecule has 0 unspecified atom stereocenters. The lowest BCUT2D eigenvalue weighted by molar-refractivity contribution is -0.146. The highest BCUT2D eigenvalue weighted by atomic mass is 16.5. The summed E-state index contributed by atoms with van der Waals surface area (Å²) in [5.74, 6) is 1.17. The molecule has 0 aromatic heterocycles. The summed E-state index contributed by atoms with van der Waals surface area (Å²) in [7, 11) is 0. The fourth-order valence-electron chi connectivity index (χ4n) is 1.03. The van der Waals surface area contributed by atoms with Gasteiger partial charge in [-0.3, -0.25) is 9.59 Å². The van der Waals surface area contributed by atoms with Gasteiger partial charge in [-0.2, -0.15) is 0 Å². The van der Waals surface area contributed by atoms with Crippen molar-refractivity contribution in [2.75, 3.05) is 13.2 Å². The van der Waals surface area contributed by atoms with E-state index < -0.39 is 5.92 Å². The molecule has 0 aliphatic carbocycles. The molecule has 0 bridgehead atoms. The van der Waals surface area contributed by atoms with Gasteiger partial charge in [0.15, 0.2) is 0 Å². The Morgan fingerprint density at radius 2 is 1.53 bits per heavy atom. The van der Waals surface area contributed by atoms with Gasteiger partial charge < -0.3 is 9.47 Å². The lowest BCUT2D eigenvalue weighted by Crippen LogP contribution is -2.15. The molecule has 0 atom stereocenters. The maximum absolute atomic E-state index is 11.1. The first-order valence-corrected chi connectivity index (χ1v) is 4.91. The molecule has 0 fully saturated rings. The lowest BCUT2D eigenvalue weighted by Gasteiger charge is -2.08. The van der Waals surface area contributed by atoms with Gasteiger partial charge in [0, 0.05) is 5.92 Å². The van der Waals surface area contributed by atoms with Gasteiger partial charge in [-0.05, 0) is 13.8 Å². The molecule has 0 aliphatic rings. The van der Waals surface area contributed by atoms with E-state index in [-0.39, 0.29) is 24.8 Å². The van der Waals surface area contributed by atoms with Gasteiger partial charge in [-0.25, -0.2) is 0 Å². The molecule has 0 aliphatic heterocycles. The van der Waals surface area contributed by atoms with Gasteiger partial charge in [0.1, 0.15) is 0 Å². The van der Waals surface area contributed by atoms with Crippen LogP contribution in [0.4, 0.5) is 0 Å². The van der Waals surface area contributed by atoms with Crippen molar-refractivity contribution in [1.29, 1.82) is 0 Å². The SMILES string of the molecule is C#CC(CC(=O)OCC)CC(=O)OCC. The number of hydrogen-bond donors (Lipinski definition) is 0. The quantitative estimate of drug-likeness (QED) is 0.489. The van der Waals surface area contributed by atoms with Gasteiger partial charge in [-0.1, -0.05) is 0 Å². The number of carbonyl (C=O) groups excluding carboxylic acids is 2. The monoisotopic (exact) mass is 212 g/mol. The summed E-state index contributed by atoms with van der Waals surface area (Å²) >= 11 is 0. The van der Waals surface area contributed by atoms with E-state index in [1.165, 1.54) is 0 Å². The van der Waals surface area contributed by atoms with Crippen LogP contribution in [0.2, 0.25) is 0 Å². The first kappa shape index (κ1) is 13.5. The molecule has 0 heterocycles. The summed E-state index contributed by atoms with van der Waals surface area (Å²) in [5, 5.41) is 0. The average Bonchev–Trinajstić information content (AvgIpc) is 2.17. The van der Waals surface area contributed by atoms with E-state index in [0.717, 1.165) is 0 Å². The first-order valence-electron chi connectivity index (χ1n) is 4.91. The van der Waals surface area contributed by atoms with Crippen LogP contribution in [0.25, 0.3) is 0 Å². The van der Waals surface area contributed by atoms with Gasteiger partial charge >= 0.3 is 11.9 Å². The van der Waals surface area contributed by atoms with Gasteiger partial charge in [0.05, 0.1) is 26.1 Å². The minimum atomic E-state index is -0.442. The zero-order valence-electron chi connectivity index (χ0n) is 9.12. The van der Waals surface area contributed by atoms with Gasteiger partial charge in [-0.15, -0.1) is 12.3 Å². The minimum absolute atomic E-state index is 0.0587. The minimum Gasteiger partial charge on any atom is -0.466 e. The fraction of sp³-hybridized carbons (Fsp3) is 0.636. The summed E-state index contributed by atoms with van der Waals surface area (Å²) in [4.78, 5) is 22.2. The van der Waals surface area contributed by atoms with Crippen LogP contribution >= 0.6 is 0 Å². The molecule has 0 radical (unpaired) electrons. The van der Waals surface area contributed by atoms with Crippen LogP contribution in [0.5, 0.6) is 0 Å². The fourth-order valence-corrected chi connectivity index (χ4v) is 1.03. The number of terminal acetylenes is 1. The Kier molecular flexibility index (Phi) is 7.08. The number of rotatable bonds is 6. The molecule has 84 valence electrons. The molecular formula is C11H16O4. The molecule has 15 heavy (non-hydrogen) atoms. The maximum Gasteiger partial charge on any atom is 0.307 e. The summed E-state index contributed by atoms with van der Waals surface area (Å²) < 4.78 is 9.46. The third kappa shape index (κ3) is 6.55. The summed E-state index contributed by atoms with van der Waals surface area (Å²) in [6, 6.07) is 0. The highest BCUT2D eigenvalue weighted by molar-refractivity contribution is 5.74. The van der Waals surface area contributed by atoms with Crippen molar-refractivity contribution >= 4 is 11.9 Å². The molecule has 0 rings (SSSR count). The van der Waals surface area contributed by atoms with Crippen LogP contribution in [0, 0.1) is 18.3 Å². The van der Waals surface area contributed by atoms with E-state index in [0.29, 0.717) is 13.2 Å². The molecule has 0 saturated heterocycles. The smallest absolute Gasteiger partial charge is 0.307 e. The molecule has 0 aromatic carbocycles. The van der Waals surface area contributed by atoms with Gasteiger partial charge in [0.25, 0.3) is 0 Å². The van der Waals surface area contributed by atoms with Crippen LogP contribution < -0.4 is 0 Å². The van der Waals surface area contributed by atoms with E-state index in [2.05, 4.69) is 5.92 Å². The maximum atomic E-state index is 11.1. The number of carbonyl (C=O) groups is 2. The van der Waals surface area contributed by atoms with E-state index in [1.807, 2.05) is 0 Å². The van der Waals surface area contributed by atoms with E-state index in [4.69, 9.17) is 15.9 Å². The molecule has 4 heteroatoms. The van der Waals surface area contributed by atoms with Crippen molar-refractivity contribution in [3.63, 3.8) is 0 Å². The zero-order valence-corrected chi connectivity index (χ0v) is 9.12. The van der Waals surface area contributed by atoms with Crippen LogP contribution in [0.15, 0.2) is 0 Å². The van der Waals surface area contributed by atoms with Crippen molar-refractivity contribution in [2.24, 2.45) is 5.92 Å². The van der Waals surface area contributed by atoms with Crippen LogP contribution in [0.3, 0.4) is 0 Å².